The van der Waals surface area contributed by atoms with E-state index in [0.29, 0.717) is 0 Å². The van der Waals surface area contributed by atoms with E-state index in [9.17, 15) is 0 Å². The second kappa shape index (κ2) is 10.1. The molecule has 1 atom stereocenters. The molecule has 0 aliphatic heterocycles. The number of aromatic nitrogens is 1. The normalized spacial score (nSPS) is 14.0. The first kappa shape index (κ1) is 21.0. The molecule has 0 aliphatic carbocycles. The number of unbranched alkanes of at least 4 members (excludes halogenated alkanes) is 7. The molecule has 0 bridgehead atoms. The molecule has 1 nitrogen and oxygen atoms in total. The van der Waals surface area contributed by atoms with E-state index in [-0.39, 0.29) is 5.54 Å². The Bertz CT molecular complexity index is 806. The topological polar surface area (TPSA) is 4.93 Å². The summed E-state index contributed by atoms with van der Waals surface area (Å²) in [6.45, 7) is 7.13. The number of nitrogens with zero attached hydrogens (tertiary/aromatic N) is 1. The van der Waals surface area contributed by atoms with Crippen molar-refractivity contribution in [2.24, 2.45) is 0 Å². The SMILES string of the molecule is CCCCCCCC(C)(CCCCCC)n1c2ccccc2c2ccccc21. The average molecular weight is 378 g/mol. The van der Waals surface area contributed by atoms with Crippen LogP contribution in [0.4, 0.5) is 0 Å². The molecule has 0 radical (unpaired) electrons. The van der Waals surface area contributed by atoms with Crippen molar-refractivity contribution in [2.75, 3.05) is 0 Å². The fourth-order valence-corrected chi connectivity index (χ4v) is 4.89. The predicted octanol–water partition coefficient (Wildman–Crippen LogP) is 8.84. The third-order valence-corrected chi connectivity index (χ3v) is 6.51. The molecular formula is C27H39N. The Hall–Kier alpha value is -1.76. The van der Waals surface area contributed by atoms with E-state index in [0.717, 1.165) is 0 Å². The number of hydrogen-bond donors (Lipinski definition) is 0. The Morgan fingerprint density at radius 1 is 0.607 bits per heavy atom. The summed E-state index contributed by atoms with van der Waals surface area (Å²) in [6, 6.07) is 18.0. The van der Waals surface area contributed by atoms with Crippen LogP contribution in [0.3, 0.4) is 0 Å². The number of hydrogen-bond acceptors (Lipinski definition) is 0. The van der Waals surface area contributed by atoms with Crippen LogP contribution in [0.2, 0.25) is 0 Å². The van der Waals surface area contributed by atoms with Crippen molar-refractivity contribution in [3.63, 3.8) is 0 Å². The van der Waals surface area contributed by atoms with Crippen molar-refractivity contribution in [2.45, 2.75) is 96.9 Å². The van der Waals surface area contributed by atoms with Crippen molar-refractivity contribution >= 4 is 21.8 Å². The van der Waals surface area contributed by atoms with E-state index < -0.39 is 0 Å². The van der Waals surface area contributed by atoms with Gasteiger partial charge in [0.2, 0.25) is 0 Å². The Labute approximate surface area is 172 Å². The maximum Gasteiger partial charge on any atom is 0.0496 e. The molecule has 2 aromatic carbocycles. The highest BCUT2D eigenvalue weighted by Crippen LogP contribution is 2.39. The molecule has 28 heavy (non-hydrogen) atoms. The van der Waals surface area contributed by atoms with Crippen LogP contribution in [0.5, 0.6) is 0 Å². The van der Waals surface area contributed by atoms with Gasteiger partial charge in [-0.15, -0.1) is 0 Å². The number of benzene rings is 2. The third kappa shape index (κ3) is 4.62. The van der Waals surface area contributed by atoms with Crippen molar-refractivity contribution in [1.82, 2.24) is 4.57 Å². The largest absolute Gasteiger partial charge is 0.335 e. The maximum absolute atomic E-state index is 2.70. The fourth-order valence-electron chi connectivity index (χ4n) is 4.89. The summed E-state index contributed by atoms with van der Waals surface area (Å²) in [4.78, 5) is 0. The van der Waals surface area contributed by atoms with Crippen molar-refractivity contribution in [3.05, 3.63) is 48.5 Å². The number of fused-ring (bicyclic) bond motifs is 3. The van der Waals surface area contributed by atoms with Crippen LogP contribution >= 0.6 is 0 Å². The van der Waals surface area contributed by atoms with Crippen molar-refractivity contribution in [3.8, 4) is 0 Å². The second-order valence-corrected chi connectivity index (χ2v) is 8.84. The Morgan fingerprint density at radius 3 is 1.54 bits per heavy atom. The van der Waals surface area contributed by atoms with Gasteiger partial charge in [-0.1, -0.05) is 108 Å². The van der Waals surface area contributed by atoms with Gasteiger partial charge in [0, 0.05) is 27.3 Å². The Balaban J connectivity index is 1.96. The maximum atomic E-state index is 2.70. The molecule has 1 heteroatoms. The van der Waals surface area contributed by atoms with Gasteiger partial charge in [-0.25, -0.2) is 0 Å². The first-order chi connectivity index (χ1) is 13.7. The van der Waals surface area contributed by atoms with Gasteiger partial charge in [-0.3, -0.25) is 0 Å². The van der Waals surface area contributed by atoms with Gasteiger partial charge in [0.05, 0.1) is 0 Å². The lowest BCUT2D eigenvalue weighted by molar-refractivity contribution is 0.266. The Morgan fingerprint density at radius 2 is 1.04 bits per heavy atom. The van der Waals surface area contributed by atoms with Gasteiger partial charge in [0.25, 0.3) is 0 Å². The van der Waals surface area contributed by atoms with E-state index in [1.54, 1.807) is 0 Å². The number of rotatable bonds is 12. The summed E-state index contributed by atoms with van der Waals surface area (Å²) in [6.07, 6.45) is 14.7. The zero-order chi connectivity index (χ0) is 19.8. The van der Waals surface area contributed by atoms with Gasteiger partial charge < -0.3 is 4.57 Å². The van der Waals surface area contributed by atoms with E-state index >= 15 is 0 Å². The van der Waals surface area contributed by atoms with Crippen LogP contribution in [0.15, 0.2) is 48.5 Å². The van der Waals surface area contributed by atoms with E-state index in [1.807, 2.05) is 0 Å². The molecular weight excluding hydrogens is 338 g/mol. The fraction of sp³-hybridized carbons (Fsp3) is 0.556. The lowest BCUT2D eigenvalue weighted by Crippen LogP contribution is -2.30. The molecule has 1 heterocycles. The molecule has 3 rings (SSSR count). The van der Waals surface area contributed by atoms with Crippen LogP contribution in [-0.2, 0) is 5.54 Å². The van der Waals surface area contributed by atoms with E-state index in [1.165, 1.54) is 92.4 Å². The molecule has 152 valence electrons. The van der Waals surface area contributed by atoms with E-state index in [4.69, 9.17) is 0 Å². The summed E-state index contributed by atoms with van der Waals surface area (Å²) in [7, 11) is 0. The lowest BCUT2D eigenvalue weighted by atomic mass is 9.87. The first-order valence-electron chi connectivity index (χ1n) is 11.7. The monoisotopic (exact) mass is 377 g/mol. The second-order valence-electron chi connectivity index (χ2n) is 8.84. The molecule has 0 amide bonds. The van der Waals surface area contributed by atoms with Crippen LogP contribution in [0.1, 0.15) is 91.4 Å². The standard InChI is InChI=1S/C27H39N/c1-4-6-8-10-16-22-27(3,21-15-9-7-5-2)28-25-19-13-11-17-23(25)24-18-12-14-20-26(24)28/h11-14,17-20H,4-10,15-16,21-22H2,1-3H3. The van der Waals surface area contributed by atoms with Gasteiger partial charge in [0.15, 0.2) is 0 Å². The zero-order valence-corrected chi connectivity index (χ0v) is 18.3. The third-order valence-electron chi connectivity index (χ3n) is 6.51. The van der Waals surface area contributed by atoms with Gasteiger partial charge in [-0.2, -0.15) is 0 Å². The molecule has 0 saturated heterocycles. The summed E-state index contributed by atoms with van der Waals surface area (Å²) in [5, 5.41) is 2.81. The lowest BCUT2D eigenvalue weighted by Gasteiger charge is -2.34. The zero-order valence-electron chi connectivity index (χ0n) is 18.3. The summed E-state index contributed by atoms with van der Waals surface area (Å²) >= 11 is 0. The molecule has 0 N–H and O–H groups in total. The van der Waals surface area contributed by atoms with Gasteiger partial charge in [0.1, 0.15) is 0 Å². The van der Waals surface area contributed by atoms with Crippen molar-refractivity contribution in [1.29, 1.82) is 0 Å². The highest BCUT2D eigenvalue weighted by Gasteiger charge is 2.29. The summed E-state index contributed by atoms with van der Waals surface area (Å²) in [5.74, 6) is 0. The van der Waals surface area contributed by atoms with Crippen LogP contribution in [0.25, 0.3) is 21.8 Å². The summed E-state index contributed by atoms with van der Waals surface area (Å²) in [5.41, 5.74) is 3.02. The predicted molar refractivity (Wildman–Crippen MR) is 125 cm³/mol. The molecule has 3 aromatic rings. The molecule has 1 unspecified atom stereocenters. The molecule has 0 fully saturated rings. The summed E-state index contributed by atoms with van der Waals surface area (Å²) < 4.78 is 2.70. The Kier molecular flexibility index (Phi) is 7.59. The highest BCUT2D eigenvalue weighted by atomic mass is 15.1. The number of para-hydroxylation sites is 2. The first-order valence-corrected chi connectivity index (χ1v) is 11.7. The molecule has 1 aromatic heterocycles. The van der Waals surface area contributed by atoms with Crippen LogP contribution < -0.4 is 0 Å². The molecule has 0 aliphatic rings. The van der Waals surface area contributed by atoms with Gasteiger partial charge in [-0.05, 0) is 31.9 Å². The average Bonchev–Trinajstić information content (AvgIpc) is 3.06. The highest BCUT2D eigenvalue weighted by molar-refractivity contribution is 6.08. The minimum Gasteiger partial charge on any atom is -0.335 e. The smallest absolute Gasteiger partial charge is 0.0496 e. The minimum atomic E-state index is 0.197. The molecule has 0 saturated carbocycles. The minimum absolute atomic E-state index is 0.197. The van der Waals surface area contributed by atoms with Gasteiger partial charge >= 0.3 is 0 Å². The quantitative estimate of drug-likeness (QED) is 0.278. The van der Waals surface area contributed by atoms with Crippen LogP contribution in [0, 0.1) is 0 Å². The van der Waals surface area contributed by atoms with Crippen molar-refractivity contribution < 1.29 is 0 Å². The van der Waals surface area contributed by atoms with E-state index in [2.05, 4.69) is 73.9 Å². The van der Waals surface area contributed by atoms with Crippen LogP contribution in [-0.4, -0.2) is 4.57 Å². The molecule has 0 spiro atoms.